The molecule has 6 nitrogen and oxygen atoms in total. The predicted octanol–water partition coefficient (Wildman–Crippen LogP) is 0.883. The van der Waals surface area contributed by atoms with Crippen LogP contribution in [0.5, 0.6) is 0 Å². The Morgan fingerprint density at radius 2 is 2.29 bits per heavy atom. The number of rotatable bonds is 6. The Morgan fingerprint density at radius 3 is 3.06 bits per heavy atom. The van der Waals surface area contributed by atoms with E-state index in [9.17, 15) is 0 Å². The van der Waals surface area contributed by atoms with Gasteiger partial charge in [0.1, 0.15) is 5.69 Å². The maximum absolute atomic E-state index is 5.47. The van der Waals surface area contributed by atoms with E-state index in [1.807, 2.05) is 5.38 Å². The fourth-order valence-electron chi connectivity index (χ4n) is 1.30. The second-order valence-corrected chi connectivity index (χ2v) is 4.37. The first-order valence-corrected chi connectivity index (χ1v) is 6.18. The molecule has 7 heteroatoms. The standard InChI is InChI=1S/C10H14N4O2S/c1-15-5-3-8-13-10(16-14-8)7-6-17-9(12-7)2-4-11/h6H,2-5,11H2,1H3. The number of ether oxygens (including phenoxy) is 1. The van der Waals surface area contributed by atoms with Crippen LogP contribution in [0.15, 0.2) is 9.90 Å². The predicted molar refractivity (Wildman–Crippen MR) is 63.7 cm³/mol. The third kappa shape index (κ3) is 3.09. The van der Waals surface area contributed by atoms with Crippen LogP contribution >= 0.6 is 11.3 Å². The summed E-state index contributed by atoms with van der Waals surface area (Å²) in [4.78, 5) is 8.62. The molecular weight excluding hydrogens is 240 g/mol. The van der Waals surface area contributed by atoms with Gasteiger partial charge in [-0.05, 0) is 6.54 Å². The molecule has 0 aliphatic heterocycles. The van der Waals surface area contributed by atoms with E-state index in [0.717, 1.165) is 17.1 Å². The van der Waals surface area contributed by atoms with E-state index in [4.69, 9.17) is 15.0 Å². The van der Waals surface area contributed by atoms with Crippen molar-refractivity contribution in [1.29, 1.82) is 0 Å². The molecule has 2 aromatic rings. The van der Waals surface area contributed by atoms with Gasteiger partial charge in [-0.1, -0.05) is 5.16 Å². The summed E-state index contributed by atoms with van der Waals surface area (Å²) in [5.41, 5.74) is 6.19. The number of thiazole rings is 1. The summed E-state index contributed by atoms with van der Waals surface area (Å²) < 4.78 is 10.1. The van der Waals surface area contributed by atoms with Gasteiger partial charge in [-0.25, -0.2) is 4.98 Å². The van der Waals surface area contributed by atoms with Crippen molar-refractivity contribution in [2.75, 3.05) is 20.3 Å². The summed E-state index contributed by atoms with van der Waals surface area (Å²) in [6.07, 6.45) is 1.41. The molecule has 0 saturated carbocycles. The Bertz CT molecular complexity index is 468. The molecular formula is C10H14N4O2S. The molecule has 0 aromatic carbocycles. The molecule has 17 heavy (non-hydrogen) atoms. The molecule has 0 radical (unpaired) electrons. The van der Waals surface area contributed by atoms with Gasteiger partial charge in [0.15, 0.2) is 5.82 Å². The lowest BCUT2D eigenvalue weighted by atomic mass is 10.4. The lowest BCUT2D eigenvalue weighted by Crippen LogP contribution is -2.02. The summed E-state index contributed by atoms with van der Waals surface area (Å²) in [7, 11) is 1.64. The van der Waals surface area contributed by atoms with Crippen molar-refractivity contribution < 1.29 is 9.26 Å². The van der Waals surface area contributed by atoms with Gasteiger partial charge in [0, 0.05) is 25.3 Å². The molecule has 2 rings (SSSR count). The Kier molecular flexibility index (Phi) is 4.18. The van der Waals surface area contributed by atoms with Crippen LogP contribution in [-0.4, -0.2) is 35.4 Å². The van der Waals surface area contributed by atoms with Crippen LogP contribution in [-0.2, 0) is 17.6 Å². The largest absolute Gasteiger partial charge is 0.384 e. The minimum absolute atomic E-state index is 0.454. The monoisotopic (exact) mass is 254 g/mol. The van der Waals surface area contributed by atoms with Crippen LogP contribution in [0.1, 0.15) is 10.8 Å². The molecule has 0 aliphatic carbocycles. The SMILES string of the molecule is COCCc1noc(-c2csc(CCN)n2)n1. The molecule has 0 fully saturated rings. The molecule has 2 aromatic heterocycles. The summed E-state index contributed by atoms with van der Waals surface area (Å²) in [5.74, 6) is 1.09. The molecule has 0 saturated heterocycles. The third-order valence-electron chi connectivity index (χ3n) is 2.13. The van der Waals surface area contributed by atoms with Gasteiger partial charge >= 0.3 is 0 Å². The highest BCUT2D eigenvalue weighted by molar-refractivity contribution is 7.09. The summed E-state index contributed by atoms with van der Waals surface area (Å²) in [5, 5.41) is 6.75. The minimum Gasteiger partial charge on any atom is -0.384 e. The zero-order chi connectivity index (χ0) is 12.1. The van der Waals surface area contributed by atoms with E-state index in [1.165, 1.54) is 0 Å². The van der Waals surface area contributed by atoms with Crippen molar-refractivity contribution >= 4 is 11.3 Å². The Balaban J connectivity index is 2.07. The van der Waals surface area contributed by atoms with E-state index in [0.29, 0.717) is 31.3 Å². The average Bonchev–Trinajstić information content (AvgIpc) is 2.95. The van der Waals surface area contributed by atoms with Crippen LogP contribution in [0, 0.1) is 0 Å². The highest BCUT2D eigenvalue weighted by Gasteiger charge is 2.12. The topological polar surface area (TPSA) is 87.1 Å². The number of aromatic nitrogens is 3. The average molecular weight is 254 g/mol. The van der Waals surface area contributed by atoms with E-state index >= 15 is 0 Å². The Hall–Kier alpha value is -1.31. The smallest absolute Gasteiger partial charge is 0.277 e. The van der Waals surface area contributed by atoms with Gasteiger partial charge in [-0.15, -0.1) is 11.3 Å². The fourth-order valence-corrected chi connectivity index (χ4v) is 2.09. The summed E-state index contributed by atoms with van der Waals surface area (Å²) in [6.45, 7) is 1.17. The maximum atomic E-state index is 5.47. The summed E-state index contributed by atoms with van der Waals surface area (Å²) in [6, 6.07) is 0. The molecule has 0 amide bonds. The molecule has 0 aliphatic rings. The third-order valence-corrected chi connectivity index (χ3v) is 3.04. The van der Waals surface area contributed by atoms with Crippen LogP contribution in [0.2, 0.25) is 0 Å². The van der Waals surface area contributed by atoms with Crippen LogP contribution in [0.4, 0.5) is 0 Å². The Labute approximate surface area is 103 Å². The van der Waals surface area contributed by atoms with Crippen molar-refractivity contribution in [3.8, 4) is 11.6 Å². The highest BCUT2D eigenvalue weighted by atomic mass is 32.1. The lowest BCUT2D eigenvalue weighted by Gasteiger charge is -1.90. The molecule has 2 heterocycles. The number of methoxy groups -OCH3 is 1. The van der Waals surface area contributed by atoms with Crippen LogP contribution in [0.25, 0.3) is 11.6 Å². The Morgan fingerprint density at radius 1 is 1.41 bits per heavy atom. The molecule has 2 N–H and O–H groups in total. The van der Waals surface area contributed by atoms with E-state index in [1.54, 1.807) is 18.4 Å². The first-order valence-electron chi connectivity index (χ1n) is 5.30. The van der Waals surface area contributed by atoms with Crippen LogP contribution < -0.4 is 5.73 Å². The fraction of sp³-hybridized carbons (Fsp3) is 0.500. The number of hydrogen-bond donors (Lipinski definition) is 1. The van der Waals surface area contributed by atoms with Gasteiger partial charge in [0.25, 0.3) is 5.89 Å². The zero-order valence-corrected chi connectivity index (χ0v) is 10.4. The van der Waals surface area contributed by atoms with Gasteiger partial charge < -0.3 is 15.0 Å². The first kappa shape index (κ1) is 12.2. The van der Waals surface area contributed by atoms with Crippen LogP contribution in [0.3, 0.4) is 0 Å². The minimum atomic E-state index is 0.454. The normalized spacial score (nSPS) is 10.9. The highest BCUT2D eigenvalue weighted by Crippen LogP contribution is 2.20. The van der Waals surface area contributed by atoms with E-state index in [-0.39, 0.29) is 0 Å². The van der Waals surface area contributed by atoms with E-state index in [2.05, 4.69) is 15.1 Å². The first-order chi connectivity index (χ1) is 8.33. The van der Waals surface area contributed by atoms with Crippen molar-refractivity contribution in [3.63, 3.8) is 0 Å². The lowest BCUT2D eigenvalue weighted by molar-refractivity contribution is 0.199. The van der Waals surface area contributed by atoms with Gasteiger partial charge in [-0.2, -0.15) is 4.98 Å². The molecule has 0 atom stereocenters. The summed E-state index contributed by atoms with van der Waals surface area (Å²) >= 11 is 1.55. The maximum Gasteiger partial charge on any atom is 0.277 e. The second kappa shape index (κ2) is 5.85. The molecule has 0 unspecified atom stereocenters. The second-order valence-electron chi connectivity index (χ2n) is 3.42. The molecule has 92 valence electrons. The van der Waals surface area contributed by atoms with Gasteiger partial charge in [0.2, 0.25) is 0 Å². The van der Waals surface area contributed by atoms with Gasteiger partial charge in [-0.3, -0.25) is 0 Å². The molecule has 0 spiro atoms. The van der Waals surface area contributed by atoms with E-state index < -0.39 is 0 Å². The number of nitrogens with zero attached hydrogens (tertiary/aromatic N) is 3. The number of hydrogen-bond acceptors (Lipinski definition) is 7. The molecule has 0 bridgehead atoms. The van der Waals surface area contributed by atoms with Crippen molar-refractivity contribution in [1.82, 2.24) is 15.1 Å². The number of nitrogens with two attached hydrogens (primary N) is 1. The van der Waals surface area contributed by atoms with Crippen molar-refractivity contribution in [2.24, 2.45) is 5.73 Å². The van der Waals surface area contributed by atoms with Crippen molar-refractivity contribution in [3.05, 3.63) is 16.2 Å². The van der Waals surface area contributed by atoms with Gasteiger partial charge in [0.05, 0.1) is 11.6 Å². The quantitative estimate of drug-likeness (QED) is 0.823. The zero-order valence-electron chi connectivity index (χ0n) is 9.55. The van der Waals surface area contributed by atoms with Crippen molar-refractivity contribution in [2.45, 2.75) is 12.8 Å².